The number of aromatic nitrogens is 2. The molecule has 0 atom stereocenters. The number of amides is 1. The van der Waals surface area contributed by atoms with Crippen molar-refractivity contribution in [3.63, 3.8) is 0 Å². The first-order valence-electron chi connectivity index (χ1n) is 10.9. The zero-order chi connectivity index (χ0) is 22.5. The van der Waals surface area contributed by atoms with Crippen LogP contribution in [0.25, 0.3) is 33.3 Å². The fraction of sp³-hybridized carbons (Fsp3) is 0.0714. The van der Waals surface area contributed by atoms with Crippen LogP contribution in [-0.2, 0) is 0 Å². The second-order valence-electron chi connectivity index (χ2n) is 7.69. The highest BCUT2D eigenvalue weighted by Crippen LogP contribution is 2.29. The van der Waals surface area contributed by atoms with Gasteiger partial charge in [-0.25, -0.2) is 0 Å². The predicted octanol–water partition coefficient (Wildman–Crippen LogP) is 5.71. The SMILES string of the molecule is O=C(NCCOc1ccccc1)c1ccc(-c2cc(-c3cccc4ccccc34)[nH]n2)cc1. The van der Waals surface area contributed by atoms with E-state index in [0.29, 0.717) is 18.7 Å². The second kappa shape index (κ2) is 9.40. The number of carbonyl (C=O) groups excluding carboxylic acids is 1. The molecule has 0 radical (unpaired) electrons. The van der Waals surface area contributed by atoms with Gasteiger partial charge in [0, 0.05) is 16.7 Å². The van der Waals surface area contributed by atoms with E-state index in [2.05, 4.69) is 45.8 Å². The second-order valence-corrected chi connectivity index (χ2v) is 7.69. The van der Waals surface area contributed by atoms with E-state index < -0.39 is 0 Å². The van der Waals surface area contributed by atoms with E-state index in [9.17, 15) is 4.79 Å². The normalized spacial score (nSPS) is 10.8. The lowest BCUT2D eigenvalue weighted by atomic mass is 10.0. The fourth-order valence-corrected chi connectivity index (χ4v) is 3.81. The van der Waals surface area contributed by atoms with Gasteiger partial charge in [0.05, 0.1) is 17.9 Å². The van der Waals surface area contributed by atoms with Gasteiger partial charge in [-0.3, -0.25) is 9.89 Å². The van der Waals surface area contributed by atoms with Crippen molar-refractivity contribution in [2.45, 2.75) is 0 Å². The molecule has 0 spiro atoms. The molecule has 0 saturated carbocycles. The Kier molecular flexibility index (Phi) is 5.85. The maximum atomic E-state index is 12.4. The molecule has 33 heavy (non-hydrogen) atoms. The quantitative estimate of drug-likeness (QED) is 0.323. The molecule has 0 aliphatic carbocycles. The molecule has 0 aliphatic rings. The van der Waals surface area contributed by atoms with Crippen molar-refractivity contribution in [2.75, 3.05) is 13.2 Å². The van der Waals surface area contributed by atoms with E-state index in [1.165, 1.54) is 10.8 Å². The first-order chi connectivity index (χ1) is 16.3. The van der Waals surface area contributed by atoms with Gasteiger partial charge < -0.3 is 10.1 Å². The summed E-state index contributed by atoms with van der Waals surface area (Å²) in [5.74, 6) is 0.662. The number of benzene rings is 4. The van der Waals surface area contributed by atoms with Crippen LogP contribution in [-0.4, -0.2) is 29.3 Å². The number of hydrogen-bond donors (Lipinski definition) is 2. The highest BCUT2D eigenvalue weighted by atomic mass is 16.5. The van der Waals surface area contributed by atoms with Gasteiger partial charge in [0.25, 0.3) is 5.91 Å². The molecule has 5 nitrogen and oxygen atoms in total. The van der Waals surface area contributed by atoms with Crippen molar-refractivity contribution in [2.24, 2.45) is 0 Å². The lowest BCUT2D eigenvalue weighted by molar-refractivity contribution is 0.0947. The zero-order valence-electron chi connectivity index (χ0n) is 18.0. The molecule has 0 aliphatic heterocycles. The third-order valence-corrected chi connectivity index (χ3v) is 5.50. The van der Waals surface area contributed by atoms with Crippen LogP contribution in [0.4, 0.5) is 0 Å². The Hall–Kier alpha value is -4.38. The number of aromatic amines is 1. The van der Waals surface area contributed by atoms with Gasteiger partial charge in [0.15, 0.2) is 0 Å². The summed E-state index contributed by atoms with van der Waals surface area (Å²) >= 11 is 0. The highest BCUT2D eigenvalue weighted by Gasteiger charge is 2.10. The Bertz CT molecular complexity index is 1370. The largest absolute Gasteiger partial charge is 0.492 e. The standard InChI is InChI=1S/C28H23N3O2/c32-28(29-17-18-33-23-9-2-1-3-10-23)22-15-13-21(14-16-22)26-19-27(31-30-26)25-12-6-8-20-7-4-5-11-24(20)25/h1-16,19H,17-18H2,(H,29,32)(H,30,31). The number of nitrogens with zero attached hydrogens (tertiary/aromatic N) is 1. The van der Waals surface area contributed by atoms with E-state index in [0.717, 1.165) is 28.3 Å². The summed E-state index contributed by atoms with van der Waals surface area (Å²) in [7, 11) is 0. The molecule has 162 valence electrons. The summed E-state index contributed by atoms with van der Waals surface area (Å²) < 4.78 is 5.61. The Labute approximate surface area is 192 Å². The number of nitrogens with one attached hydrogen (secondary N) is 2. The lowest BCUT2D eigenvalue weighted by Gasteiger charge is -2.08. The fourth-order valence-electron chi connectivity index (χ4n) is 3.81. The van der Waals surface area contributed by atoms with E-state index in [4.69, 9.17) is 4.74 Å². The molecular formula is C28H23N3O2. The number of rotatable bonds is 7. The predicted molar refractivity (Wildman–Crippen MR) is 131 cm³/mol. The van der Waals surface area contributed by atoms with Gasteiger partial charge in [-0.2, -0.15) is 5.10 Å². The topological polar surface area (TPSA) is 67.0 Å². The van der Waals surface area contributed by atoms with Crippen LogP contribution in [0.2, 0.25) is 0 Å². The van der Waals surface area contributed by atoms with Gasteiger partial charge in [-0.05, 0) is 41.1 Å². The molecule has 4 aromatic carbocycles. The summed E-state index contributed by atoms with van der Waals surface area (Å²) in [5, 5.41) is 12.9. The molecule has 2 N–H and O–H groups in total. The maximum absolute atomic E-state index is 12.4. The average Bonchev–Trinajstić information content (AvgIpc) is 3.37. The van der Waals surface area contributed by atoms with Crippen LogP contribution in [0.1, 0.15) is 10.4 Å². The van der Waals surface area contributed by atoms with Crippen LogP contribution in [0.15, 0.2) is 103 Å². The smallest absolute Gasteiger partial charge is 0.251 e. The molecular weight excluding hydrogens is 410 g/mol. The number of ether oxygens (including phenoxy) is 1. The van der Waals surface area contributed by atoms with Crippen LogP contribution in [0.3, 0.4) is 0 Å². The molecule has 1 heterocycles. The van der Waals surface area contributed by atoms with Crippen LogP contribution in [0, 0.1) is 0 Å². The molecule has 5 heteroatoms. The van der Waals surface area contributed by atoms with Crippen molar-refractivity contribution in [1.29, 1.82) is 0 Å². The Morgan fingerprint density at radius 2 is 1.61 bits per heavy atom. The van der Waals surface area contributed by atoms with E-state index in [-0.39, 0.29) is 5.91 Å². The lowest BCUT2D eigenvalue weighted by Crippen LogP contribution is -2.28. The van der Waals surface area contributed by atoms with Crippen molar-refractivity contribution in [3.05, 3.63) is 109 Å². The molecule has 0 saturated heterocycles. The number of hydrogen-bond acceptors (Lipinski definition) is 3. The van der Waals surface area contributed by atoms with Gasteiger partial charge in [-0.1, -0.05) is 72.8 Å². The van der Waals surface area contributed by atoms with Gasteiger partial charge in [0.2, 0.25) is 0 Å². The van der Waals surface area contributed by atoms with Crippen LogP contribution >= 0.6 is 0 Å². The summed E-state index contributed by atoms with van der Waals surface area (Å²) in [4.78, 5) is 12.4. The Morgan fingerprint density at radius 1 is 0.848 bits per heavy atom. The highest BCUT2D eigenvalue weighted by molar-refractivity contribution is 5.96. The first kappa shape index (κ1) is 20.5. The molecule has 5 rings (SSSR count). The summed E-state index contributed by atoms with van der Waals surface area (Å²) in [6, 6.07) is 33.6. The number of H-pyrrole nitrogens is 1. The number of carbonyl (C=O) groups is 1. The third-order valence-electron chi connectivity index (χ3n) is 5.50. The Balaban J connectivity index is 1.23. The van der Waals surface area contributed by atoms with E-state index in [1.807, 2.05) is 72.8 Å². The minimum Gasteiger partial charge on any atom is -0.492 e. The van der Waals surface area contributed by atoms with Crippen LogP contribution < -0.4 is 10.1 Å². The molecule has 0 fully saturated rings. The molecule has 0 unspecified atom stereocenters. The summed E-state index contributed by atoms with van der Waals surface area (Å²) in [6.07, 6.45) is 0. The van der Waals surface area contributed by atoms with Crippen LogP contribution in [0.5, 0.6) is 5.75 Å². The minimum absolute atomic E-state index is 0.128. The Morgan fingerprint density at radius 3 is 2.45 bits per heavy atom. The minimum atomic E-state index is -0.128. The summed E-state index contributed by atoms with van der Waals surface area (Å²) in [5.41, 5.74) is 4.45. The van der Waals surface area contributed by atoms with Gasteiger partial charge in [-0.15, -0.1) is 0 Å². The molecule has 0 bridgehead atoms. The zero-order valence-corrected chi connectivity index (χ0v) is 18.0. The van der Waals surface area contributed by atoms with Crippen molar-refractivity contribution in [3.8, 4) is 28.3 Å². The number of fused-ring (bicyclic) bond motifs is 1. The third kappa shape index (κ3) is 4.62. The van der Waals surface area contributed by atoms with Crippen molar-refractivity contribution in [1.82, 2.24) is 15.5 Å². The maximum Gasteiger partial charge on any atom is 0.251 e. The average molecular weight is 434 g/mol. The molecule has 1 amide bonds. The van der Waals surface area contributed by atoms with E-state index in [1.54, 1.807) is 0 Å². The number of para-hydroxylation sites is 1. The first-order valence-corrected chi connectivity index (χ1v) is 10.9. The monoisotopic (exact) mass is 433 g/mol. The van der Waals surface area contributed by atoms with E-state index >= 15 is 0 Å². The molecule has 5 aromatic rings. The molecule has 1 aromatic heterocycles. The van der Waals surface area contributed by atoms with Gasteiger partial charge >= 0.3 is 0 Å². The summed E-state index contributed by atoms with van der Waals surface area (Å²) in [6.45, 7) is 0.849. The van der Waals surface area contributed by atoms with Crippen molar-refractivity contribution < 1.29 is 9.53 Å². The van der Waals surface area contributed by atoms with Crippen molar-refractivity contribution >= 4 is 16.7 Å². The van der Waals surface area contributed by atoms with Gasteiger partial charge in [0.1, 0.15) is 12.4 Å².